The van der Waals surface area contributed by atoms with E-state index in [-0.39, 0.29) is 6.61 Å². The van der Waals surface area contributed by atoms with Crippen LogP contribution in [-0.4, -0.2) is 66.9 Å². The van der Waals surface area contributed by atoms with Crippen molar-refractivity contribution in [2.75, 3.05) is 12.9 Å². The van der Waals surface area contributed by atoms with Crippen molar-refractivity contribution >= 4 is 11.8 Å². The Morgan fingerprint density at radius 3 is 2.71 bits per heavy atom. The molecule has 0 radical (unpaired) electrons. The average molecular weight is 261 g/mol. The van der Waals surface area contributed by atoms with Gasteiger partial charge >= 0.3 is 0 Å². The lowest BCUT2D eigenvalue weighted by Crippen LogP contribution is -2.54. The number of hydrogen-bond acceptors (Lipinski definition) is 7. The summed E-state index contributed by atoms with van der Waals surface area (Å²) in [5.74, 6) is 0. The summed E-state index contributed by atoms with van der Waals surface area (Å²) >= 11 is 1.32. The van der Waals surface area contributed by atoms with Crippen LogP contribution in [0, 0.1) is 0 Å². The number of aliphatic hydroxyl groups excluding tert-OH is 3. The van der Waals surface area contributed by atoms with Gasteiger partial charge in [0.25, 0.3) is 0 Å². The van der Waals surface area contributed by atoms with E-state index in [4.69, 9.17) is 9.84 Å². The molecule has 7 nitrogen and oxygen atoms in total. The highest BCUT2D eigenvalue weighted by Crippen LogP contribution is 2.33. The molecule has 1 saturated heterocycles. The van der Waals surface area contributed by atoms with Crippen molar-refractivity contribution in [1.82, 2.24) is 15.0 Å². The summed E-state index contributed by atoms with van der Waals surface area (Å²) in [6, 6.07) is -0.666. The van der Waals surface area contributed by atoms with E-state index < -0.39 is 29.8 Å². The molecule has 17 heavy (non-hydrogen) atoms. The van der Waals surface area contributed by atoms with Crippen LogP contribution in [0.5, 0.6) is 0 Å². The highest BCUT2D eigenvalue weighted by molar-refractivity contribution is 7.99. The number of thioether (sulfide) groups is 1. The second-order valence-electron chi connectivity index (χ2n) is 3.82. The monoisotopic (exact) mass is 261 g/mol. The molecule has 0 spiro atoms. The van der Waals surface area contributed by atoms with E-state index in [2.05, 4.69) is 10.3 Å². The van der Waals surface area contributed by atoms with Gasteiger partial charge in [0, 0.05) is 6.20 Å². The Morgan fingerprint density at radius 2 is 2.18 bits per heavy atom. The number of nitrogens with zero attached hydrogens (tertiary/aromatic N) is 3. The van der Waals surface area contributed by atoms with Gasteiger partial charge in [-0.05, 0) is 6.26 Å². The van der Waals surface area contributed by atoms with Crippen LogP contribution in [0.15, 0.2) is 12.4 Å². The molecule has 1 fully saturated rings. The summed E-state index contributed by atoms with van der Waals surface area (Å²) in [6.45, 7) is -0.309. The molecular weight excluding hydrogens is 246 g/mol. The van der Waals surface area contributed by atoms with E-state index in [9.17, 15) is 10.2 Å². The quantitative estimate of drug-likeness (QED) is 0.616. The maximum Gasteiger partial charge on any atom is 0.131 e. The van der Waals surface area contributed by atoms with E-state index in [1.165, 1.54) is 22.6 Å². The minimum atomic E-state index is -1.03. The molecule has 2 rings (SSSR count). The zero-order chi connectivity index (χ0) is 12.4. The summed E-state index contributed by atoms with van der Waals surface area (Å²) < 4.78 is 6.78. The first-order valence-electron chi connectivity index (χ1n) is 5.20. The molecule has 8 heteroatoms. The van der Waals surface area contributed by atoms with E-state index >= 15 is 0 Å². The molecule has 2 heterocycles. The largest absolute Gasteiger partial charge is 0.394 e. The number of rotatable bonds is 3. The van der Waals surface area contributed by atoms with Crippen molar-refractivity contribution in [3.63, 3.8) is 0 Å². The average Bonchev–Trinajstić information content (AvgIpc) is 2.83. The van der Waals surface area contributed by atoms with Crippen LogP contribution in [0.25, 0.3) is 0 Å². The molecule has 2 unspecified atom stereocenters. The summed E-state index contributed by atoms with van der Waals surface area (Å²) in [4.78, 5) is 0. The topological polar surface area (TPSA) is 101 Å². The van der Waals surface area contributed by atoms with Gasteiger partial charge in [-0.3, -0.25) is 0 Å². The van der Waals surface area contributed by atoms with Crippen LogP contribution in [0.4, 0.5) is 0 Å². The predicted molar refractivity (Wildman–Crippen MR) is 60.3 cm³/mol. The molecule has 1 aliphatic heterocycles. The Kier molecular flexibility index (Phi) is 4.00. The summed E-state index contributed by atoms with van der Waals surface area (Å²) in [7, 11) is 0. The predicted octanol–water partition coefficient (Wildman–Crippen LogP) is -1.38. The lowest BCUT2D eigenvalue weighted by atomic mass is 9.97. The maximum atomic E-state index is 10.1. The Bertz CT molecular complexity index is 334. The van der Waals surface area contributed by atoms with Gasteiger partial charge in [0.05, 0.1) is 12.8 Å². The SMILES string of the molecule is CS[C@@H]1OC(CO)[C@H](O)C(n2ccnn2)[C@@H]1O. The third-order valence-corrected chi connectivity index (χ3v) is 3.68. The van der Waals surface area contributed by atoms with Gasteiger partial charge in [-0.25, -0.2) is 4.68 Å². The molecule has 1 aromatic heterocycles. The lowest BCUT2D eigenvalue weighted by molar-refractivity contribution is -0.178. The molecule has 1 aromatic rings. The van der Waals surface area contributed by atoms with E-state index in [0.29, 0.717) is 0 Å². The van der Waals surface area contributed by atoms with E-state index in [1.54, 1.807) is 12.5 Å². The molecule has 0 aliphatic carbocycles. The van der Waals surface area contributed by atoms with Gasteiger partial charge in [0.15, 0.2) is 0 Å². The minimum Gasteiger partial charge on any atom is -0.394 e. The van der Waals surface area contributed by atoms with E-state index in [1.807, 2.05) is 0 Å². The van der Waals surface area contributed by atoms with Crippen molar-refractivity contribution in [3.05, 3.63) is 12.4 Å². The molecule has 5 atom stereocenters. The van der Waals surface area contributed by atoms with Crippen LogP contribution in [0.1, 0.15) is 6.04 Å². The fraction of sp³-hybridized carbons (Fsp3) is 0.778. The fourth-order valence-corrected chi connectivity index (χ4v) is 2.65. The van der Waals surface area contributed by atoms with Crippen LogP contribution >= 0.6 is 11.8 Å². The van der Waals surface area contributed by atoms with Crippen LogP contribution in [0.2, 0.25) is 0 Å². The van der Waals surface area contributed by atoms with Crippen molar-refractivity contribution in [2.24, 2.45) is 0 Å². The van der Waals surface area contributed by atoms with Gasteiger partial charge in [-0.15, -0.1) is 16.9 Å². The van der Waals surface area contributed by atoms with Crippen LogP contribution in [-0.2, 0) is 4.74 Å². The van der Waals surface area contributed by atoms with Crippen molar-refractivity contribution in [3.8, 4) is 0 Å². The molecule has 0 amide bonds. The van der Waals surface area contributed by atoms with Gasteiger partial charge in [-0.2, -0.15) is 0 Å². The smallest absolute Gasteiger partial charge is 0.131 e. The highest BCUT2D eigenvalue weighted by atomic mass is 32.2. The molecular formula is C9H15N3O4S. The first-order valence-corrected chi connectivity index (χ1v) is 6.49. The normalized spacial score (nSPS) is 38.2. The Labute approximate surface area is 102 Å². The molecule has 3 N–H and O–H groups in total. The van der Waals surface area contributed by atoms with Gasteiger partial charge in [0.1, 0.15) is 29.8 Å². The Balaban J connectivity index is 2.26. The number of hydrogen-bond donors (Lipinski definition) is 3. The van der Waals surface area contributed by atoms with Crippen molar-refractivity contribution in [1.29, 1.82) is 0 Å². The number of aliphatic hydroxyl groups is 3. The van der Waals surface area contributed by atoms with Crippen molar-refractivity contribution in [2.45, 2.75) is 29.8 Å². The van der Waals surface area contributed by atoms with Gasteiger partial charge in [-0.1, -0.05) is 5.21 Å². The first-order chi connectivity index (χ1) is 8.19. The zero-order valence-corrected chi connectivity index (χ0v) is 10.1. The second-order valence-corrected chi connectivity index (χ2v) is 4.75. The third-order valence-electron chi connectivity index (χ3n) is 2.83. The van der Waals surface area contributed by atoms with Gasteiger partial charge < -0.3 is 20.1 Å². The highest BCUT2D eigenvalue weighted by Gasteiger charge is 2.45. The van der Waals surface area contributed by atoms with Crippen LogP contribution < -0.4 is 0 Å². The van der Waals surface area contributed by atoms with Crippen LogP contribution in [0.3, 0.4) is 0 Å². The maximum absolute atomic E-state index is 10.1. The Morgan fingerprint density at radius 1 is 1.41 bits per heavy atom. The minimum absolute atomic E-state index is 0.309. The third kappa shape index (κ3) is 2.31. The molecule has 0 saturated carbocycles. The summed E-state index contributed by atoms with van der Waals surface area (Å²) in [6.07, 6.45) is 2.15. The number of aromatic nitrogens is 3. The molecule has 0 aromatic carbocycles. The van der Waals surface area contributed by atoms with E-state index in [0.717, 1.165) is 0 Å². The second kappa shape index (κ2) is 5.32. The summed E-state index contributed by atoms with van der Waals surface area (Å²) in [5, 5.41) is 36.7. The molecule has 1 aliphatic rings. The molecule has 0 bridgehead atoms. The first kappa shape index (κ1) is 12.8. The number of ether oxygens (including phenoxy) is 1. The molecule has 96 valence electrons. The fourth-order valence-electron chi connectivity index (χ4n) is 1.95. The zero-order valence-electron chi connectivity index (χ0n) is 9.25. The Hall–Kier alpha value is -0.670. The van der Waals surface area contributed by atoms with Crippen molar-refractivity contribution < 1.29 is 20.1 Å². The summed E-state index contributed by atoms with van der Waals surface area (Å²) in [5.41, 5.74) is -0.509. The van der Waals surface area contributed by atoms with Gasteiger partial charge in [0.2, 0.25) is 0 Å². The lowest BCUT2D eigenvalue weighted by Gasteiger charge is -2.41. The standard InChI is InChI=1S/C9H15N3O4S/c1-17-9-8(15)6(12-3-2-10-11-12)7(14)5(4-13)16-9/h2-3,5-9,13-15H,4H2,1H3/t5?,6?,7-,8-,9-/m0/s1.